The number of amides is 2. The predicted molar refractivity (Wildman–Crippen MR) is 81.5 cm³/mol. The molecule has 2 heterocycles. The summed E-state index contributed by atoms with van der Waals surface area (Å²) in [5, 5.41) is 5.54. The lowest BCUT2D eigenvalue weighted by molar-refractivity contribution is -0.130. The van der Waals surface area contributed by atoms with Gasteiger partial charge in [0.1, 0.15) is 5.75 Å². The molecule has 1 aromatic carbocycles. The minimum Gasteiger partial charge on any atom is -0.478 e. The highest BCUT2D eigenvalue weighted by Crippen LogP contribution is 2.29. The summed E-state index contributed by atoms with van der Waals surface area (Å²) in [6, 6.07) is 11.0. The number of aromatic nitrogens is 1. The second kappa shape index (κ2) is 6.34. The van der Waals surface area contributed by atoms with Crippen molar-refractivity contribution in [3.8, 4) is 5.75 Å². The number of hydrogen-bond donors (Lipinski definition) is 2. The summed E-state index contributed by atoms with van der Waals surface area (Å²) in [6.07, 6.45) is 3.08. The number of ether oxygens (including phenoxy) is 1. The minimum atomic E-state index is -0.790. The lowest BCUT2D eigenvalue weighted by Gasteiger charge is -2.25. The van der Waals surface area contributed by atoms with Gasteiger partial charge in [-0.3, -0.25) is 9.59 Å². The van der Waals surface area contributed by atoms with E-state index in [9.17, 15) is 9.59 Å². The Labute approximate surface area is 128 Å². The van der Waals surface area contributed by atoms with Gasteiger partial charge < -0.3 is 19.9 Å². The summed E-state index contributed by atoms with van der Waals surface area (Å²) in [7, 11) is 0. The topological polar surface area (TPSA) is 72.4 Å². The summed E-state index contributed by atoms with van der Waals surface area (Å²) in [6.45, 7) is 1.21. The fourth-order valence-corrected chi connectivity index (χ4v) is 2.31. The first-order chi connectivity index (χ1) is 10.7. The quantitative estimate of drug-likeness (QED) is 0.876. The minimum absolute atomic E-state index is 0.00580. The number of para-hydroxylation sites is 2. The van der Waals surface area contributed by atoms with E-state index >= 15 is 0 Å². The third-order valence-corrected chi connectivity index (χ3v) is 3.44. The van der Waals surface area contributed by atoms with Gasteiger partial charge in [0.2, 0.25) is 5.91 Å². The molecule has 1 aliphatic heterocycles. The van der Waals surface area contributed by atoms with E-state index in [2.05, 4.69) is 10.6 Å². The largest absolute Gasteiger partial charge is 0.478 e. The van der Waals surface area contributed by atoms with Crippen LogP contribution in [0.25, 0.3) is 0 Å². The van der Waals surface area contributed by atoms with Crippen molar-refractivity contribution in [3.05, 3.63) is 48.8 Å². The highest BCUT2D eigenvalue weighted by molar-refractivity contribution is 5.99. The van der Waals surface area contributed by atoms with Crippen LogP contribution in [0.1, 0.15) is 6.42 Å². The zero-order valence-corrected chi connectivity index (χ0v) is 12.0. The molecule has 1 unspecified atom stereocenters. The van der Waals surface area contributed by atoms with Crippen molar-refractivity contribution >= 4 is 17.5 Å². The molecule has 2 N–H and O–H groups in total. The van der Waals surface area contributed by atoms with Gasteiger partial charge in [0.25, 0.3) is 5.91 Å². The van der Waals surface area contributed by atoms with Crippen molar-refractivity contribution < 1.29 is 14.3 Å². The maximum atomic E-state index is 11.9. The smallest absolute Gasteiger partial charge is 0.266 e. The number of fused-ring (bicyclic) bond motifs is 1. The van der Waals surface area contributed by atoms with E-state index in [4.69, 9.17) is 4.74 Å². The van der Waals surface area contributed by atoms with Crippen LogP contribution in [0.5, 0.6) is 5.75 Å². The summed E-state index contributed by atoms with van der Waals surface area (Å²) >= 11 is 0. The molecule has 3 rings (SSSR count). The first kappa shape index (κ1) is 14.2. The van der Waals surface area contributed by atoms with Crippen LogP contribution in [0.4, 0.5) is 5.69 Å². The number of benzene rings is 1. The van der Waals surface area contributed by atoms with E-state index in [1.807, 2.05) is 41.2 Å². The molecule has 2 aromatic rings. The Morgan fingerprint density at radius 3 is 2.82 bits per heavy atom. The van der Waals surface area contributed by atoms with E-state index in [1.165, 1.54) is 0 Å². The van der Waals surface area contributed by atoms with Gasteiger partial charge in [0, 0.05) is 25.5 Å². The third kappa shape index (κ3) is 3.28. The lowest BCUT2D eigenvalue weighted by Crippen LogP contribution is -2.41. The van der Waals surface area contributed by atoms with Gasteiger partial charge in [-0.1, -0.05) is 12.1 Å². The zero-order chi connectivity index (χ0) is 15.4. The monoisotopic (exact) mass is 299 g/mol. The van der Waals surface area contributed by atoms with Gasteiger partial charge in [0.15, 0.2) is 6.10 Å². The number of rotatable bonds is 5. The number of carbonyl (C=O) groups is 2. The predicted octanol–water partition coefficient (Wildman–Crippen LogP) is 1.39. The zero-order valence-electron chi connectivity index (χ0n) is 12.0. The van der Waals surface area contributed by atoms with Crippen LogP contribution in [0.15, 0.2) is 48.8 Å². The Bertz CT molecular complexity index is 667. The molecule has 0 bridgehead atoms. The van der Waals surface area contributed by atoms with Gasteiger partial charge in [-0.05, 0) is 24.3 Å². The van der Waals surface area contributed by atoms with Crippen LogP contribution < -0.4 is 15.4 Å². The SMILES string of the molecule is O=C(CC1Oc2ccccc2NC1=O)NCCn1cccc1. The molecule has 1 aromatic heterocycles. The Kier molecular flexibility index (Phi) is 4.09. The Morgan fingerprint density at radius 2 is 2.00 bits per heavy atom. The van der Waals surface area contributed by atoms with Crippen LogP contribution in [-0.2, 0) is 16.1 Å². The third-order valence-electron chi connectivity index (χ3n) is 3.44. The van der Waals surface area contributed by atoms with Crippen LogP contribution >= 0.6 is 0 Å². The Balaban J connectivity index is 1.50. The lowest BCUT2D eigenvalue weighted by atomic mass is 10.1. The van der Waals surface area contributed by atoms with Crippen molar-refractivity contribution in [2.75, 3.05) is 11.9 Å². The average Bonchev–Trinajstić information content (AvgIpc) is 3.01. The van der Waals surface area contributed by atoms with E-state index in [-0.39, 0.29) is 18.2 Å². The fraction of sp³-hybridized carbons (Fsp3) is 0.250. The molecular weight excluding hydrogens is 282 g/mol. The molecule has 0 saturated carbocycles. The maximum absolute atomic E-state index is 11.9. The number of hydrogen-bond acceptors (Lipinski definition) is 3. The molecule has 0 radical (unpaired) electrons. The van der Waals surface area contributed by atoms with Crippen molar-refractivity contribution in [1.82, 2.24) is 9.88 Å². The summed E-state index contributed by atoms with van der Waals surface area (Å²) in [4.78, 5) is 23.8. The molecule has 114 valence electrons. The fourth-order valence-electron chi connectivity index (χ4n) is 2.31. The molecule has 0 spiro atoms. The maximum Gasteiger partial charge on any atom is 0.266 e. The summed E-state index contributed by atoms with van der Waals surface area (Å²) in [5.74, 6) is 0.0955. The van der Waals surface area contributed by atoms with Crippen LogP contribution in [0, 0.1) is 0 Å². The number of nitrogens with zero attached hydrogens (tertiary/aromatic N) is 1. The van der Waals surface area contributed by atoms with Crippen molar-refractivity contribution in [1.29, 1.82) is 0 Å². The van der Waals surface area contributed by atoms with Gasteiger partial charge >= 0.3 is 0 Å². The van der Waals surface area contributed by atoms with Gasteiger partial charge in [-0.15, -0.1) is 0 Å². The standard InChI is InChI=1S/C16H17N3O3/c20-15(17-7-10-19-8-3-4-9-19)11-14-16(21)18-12-5-1-2-6-13(12)22-14/h1-6,8-9,14H,7,10-11H2,(H,17,20)(H,18,21). The number of carbonyl (C=O) groups excluding carboxylic acids is 2. The van der Waals surface area contributed by atoms with Crippen molar-refractivity contribution in [2.45, 2.75) is 19.1 Å². The average molecular weight is 299 g/mol. The molecule has 0 fully saturated rings. The molecule has 2 amide bonds. The van der Waals surface area contributed by atoms with Crippen molar-refractivity contribution in [3.63, 3.8) is 0 Å². The van der Waals surface area contributed by atoms with Gasteiger partial charge in [-0.2, -0.15) is 0 Å². The Hall–Kier alpha value is -2.76. The molecule has 6 heteroatoms. The van der Waals surface area contributed by atoms with Crippen molar-refractivity contribution in [2.24, 2.45) is 0 Å². The van der Waals surface area contributed by atoms with Gasteiger partial charge in [-0.25, -0.2) is 0 Å². The van der Waals surface area contributed by atoms with E-state index in [1.54, 1.807) is 12.1 Å². The summed E-state index contributed by atoms with van der Waals surface area (Å²) < 4.78 is 7.56. The molecule has 0 aliphatic carbocycles. The molecule has 22 heavy (non-hydrogen) atoms. The second-order valence-electron chi connectivity index (χ2n) is 5.07. The second-order valence-corrected chi connectivity index (χ2v) is 5.07. The molecule has 1 aliphatic rings. The normalized spacial score (nSPS) is 16.4. The highest BCUT2D eigenvalue weighted by Gasteiger charge is 2.29. The molecule has 6 nitrogen and oxygen atoms in total. The highest BCUT2D eigenvalue weighted by atomic mass is 16.5. The molecule has 0 saturated heterocycles. The van der Waals surface area contributed by atoms with Crippen LogP contribution in [-0.4, -0.2) is 29.0 Å². The molecule has 1 atom stereocenters. The Morgan fingerprint density at radius 1 is 1.23 bits per heavy atom. The van der Waals surface area contributed by atoms with E-state index < -0.39 is 6.10 Å². The van der Waals surface area contributed by atoms with Gasteiger partial charge in [0.05, 0.1) is 12.1 Å². The first-order valence-electron chi connectivity index (χ1n) is 7.16. The van der Waals surface area contributed by atoms with E-state index in [0.717, 1.165) is 0 Å². The molecular formula is C16H17N3O3. The number of anilines is 1. The van der Waals surface area contributed by atoms with E-state index in [0.29, 0.717) is 24.5 Å². The summed E-state index contributed by atoms with van der Waals surface area (Å²) in [5.41, 5.74) is 0.636. The van der Waals surface area contributed by atoms with Crippen LogP contribution in [0.3, 0.4) is 0 Å². The first-order valence-corrected chi connectivity index (χ1v) is 7.16. The van der Waals surface area contributed by atoms with Crippen LogP contribution in [0.2, 0.25) is 0 Å². The number of nitrogens with one attached hydrogen (secondary N) is 2.